The summed E-state index contributed by atoms with van der Waals surface area (Å²) in [6.07, 6.45) is -0.0293. The summed E-state index contributed by atoms with van der Waals surface area (Å²) in [6.45, 7) is 2.73. The molecule has 0 radical (unpaired) electrons. The number of benzene rings is 1. The van der Waals surface area contributed by atoms with E-state index in [4.69, 9.17) is 16.7 Å². The topological polar surface area (TPSA) is 69.6 Å². The molecule has 0 heterocycles. The lowest BCUT2D eigenvalue weighted by Gasteiger charge is -2.19. The standard InChI is InChI=1S/C13H16ClFN2O3/c1-2-17(6-5-13(19)20)8-12(18)16-11-4-3-9(15)7-10(11)14/h3-4,7H,2,5-6,8H2,1H3,(H,16,18)(H,19,20). The van der Waals surface area contributed by atoms with Crippen molar-refractivity contribution in [2.24, 2.45) is 0 Å². The van der Waals surface area contributed by atoms with Crippen LogP contribution in [0.25, 0.3) is 0 Å². The molecule has 5 nitrogen and oxygen atoms in total. The second-order valence-corrected chi connectivity index (χ2v) is 4.59. The van der Waals surface area contributed by atoms with Crippen molar-refractivity contribution in [2.75, 3.05) is 25.0 Å². The molecule has 20 heavy (non-hydrogen) atoms. The van der Waals surface area contributed by atoms with E-state index >= 15 is 0 Å². The maximum atomic E-state index is 12.9. The number of amides is 1. The molecule has 2 N–H and O–H groups in total. The van der Waals surface area contributed by atoms with Gasteiger partial charge in [-0.15, -0.1) is 0 Å². The summed E-state index contributed by atoms with van der Waals surface area (Å²) in [5.74, 6) is -1.72. The van der Waals surface area contributed by atoms with Crippen LogP contribution in [0.3, 0.4) is 0 Å². The maximum Gasteiger partial charge on any atom is 0.304 e. The van der Waals surface area contributed by atoms with E-state index in [1.807, 2.05) is 6.92 Å². The minimum absolute atomic E-state index is 0.0293. The third kappa shape index (κ3) is 5.54. The Morgan fingerprint density at radius 3 is 2.70 bits per heavy atom. The Hall–Kier alpha value is -1.66. The number of halogens is 2. The van der Waals surface area contributed by atoms with Crippen LogP contribution in [0.4, 0.5) is 10.1 Å². The van der Waals surface area contributed by atoms with Crippen molar-refractivity contribution in [3.05, 3.63) is 29.0 Å². The van der Waals surface area contributed by atoms with Gasteiger partial charge in [-0.2, -0.15) is 0 Å². The number of carboxylic acids is 1. The number of carbonyl (C=O) groups excluding carboxylic acids is 1. The van der Waals surface area contributed by atoms with E-state index in [9.17, 15) is 14.0 Å². The average Bonchev–Trinajstić information content (AvgIpc) is 2.37. The molecule has 0 aliphatic rings. The molecular weight excluding hydrogens is 287 g/mol. The summed E-state index contributed by atoms with van der Waals surface area (Å²) < 4.78 is 12.9. The van der Waals surface area contributed by atoms with Crippen molar-refractivity contribution in [1.82, 2.24) is 4.90 Å². The van der Waals surface area contributed by atoms with Crippen molar-refractivity contribution < 1.29 is 19.1 Å². The number of likely N-dealkylation sites (N-methyl/N-ethyl adjacent to an activating group) is 1. The fourth-order valence-electron chi connectivity index (χ4n) is 1.59. The van der Waals surface area contributed by atoms with Gasteiger partial charge in [0.05, 0.1) is 23.7 Å². The predicted molar refractivity (Wildman–Crippen MR) is 74.4 cm³/mol. The zero-order valence-electron chi connectivity index (χ0n) is 11.0. The van der Waals surface area contributed by atoms with Crippen LogP contribution in [-0.4, -0.2) is 41.5 Å². The first-order chi connectivity index (χ1) is 9.42. The summed E-state index contributed by atoms with van der Waals surface area (Å²) >= 11 is 5.80. The molecule has 1 aromatic carbocycles. The van der Waals surface area contributed by atoms with E-state index < -0.39 is 11.8 Å². The molecule has 0 aliphatic carbocycles. The van der Waals surface area contributed by atoms with Gasteiger partial charge in [0.1, 0.15) is 5.82 Å². The number of hydrogen-bond donors (Lipinski definition) is 2. The van der Waals surface area contributed by atoms with Gasteiger partial charge in [0.25, 0.3) is 0 Å². The highest BCUT2D eigenvalue weighted by Crippen LogP contribution is 2.22. The number of aliphatic carboxylic acids is 1. The summed E-state index contributed by atoms with van der Waals surface area (Å²) in [7, 11) is 0. The Morgan fingerprint density at radius 1 is 1.45 bits per heavy atom. The van der Waals surface area contributed by atoms with Gasteiger partial charge in [-0.05, 0) is 24.7 Å². The van der Waals surface area contributed by atoms with Gasteiger partial charge in [0.2, 0.25) is 5.91 Å². The lowest BCUT2D eigenvalue weighted by Crippen LogP contribution is -2.34. The van der Waals surface area contributed by atoms with E-state index in [1.165, 1.54) is 12.1 Å². The van der Waals surface area contributed by atoms with Crippen LogP contribution in [-0.2, 0) is 9.59 Å². The zero-order chi connectivity index (χ0) is 15.1. The molecule has 0 spiro atoms. The molecule has 0 aliphatic heterocycles. The predicted octanol–water partition coefficient (Wildman–Crippen LogP) is 2.21. The quantitative estimate of drug-likeness (QED) is 0.810. The summed E-state index contributed by atoms with van der Waals surface area (Å²) in [5.41, 5.74) is 0.326. The van der Waals surface area contributed by atoms with Crippen LogP contribution in [0.2, 0.25) is 5.02 Å². The molecule has 0 unspecified atom stereocenters. The first-order valence-corrected chi connectivity index (χ1v) is 6.49. The molecule has 1 amide bonds. The first kappa shape index (κ1) is 16.4. The van der Waals surface area contributed by atoms with E-state index in [-0.39, 0.29) is 30.4 Å². The Bertz CT molecular complexity index is 497. The third-order valence-electron chi connectivity index (χ3n) is 2.66. The second kappa shape index (κ2) is 7.81. The van der Waals surface area contributed by atoms with E-state index in [0.717, 1.165) is 6.07 Å². The highest BCUT2D eigenvalue weighted by atomic mass is 35.5. The van der Waals surface area contributed by atoms with Crippen LogP contribution in [0.15, 0.2) is 18.2 Å². The smallest absolute Gasteiger partial charge is 0.304 e. The molecule has 0 atom stereocenters. The molecule has 0 bridgehead atoms. The monoisotopic (exact) mass is 302 g/mol. The van der Waals surface area contributed by atoms with Crippen molar-refractivity contribution in [1.29, 1.82) is 0 Å². The van der Waals surface area contributed by atoms with Crippen molar-refractivity contribution in [3.8, 4) is 0 Å². The lowest BCUT2D eigenvalue weighted by atomic mass is 10.3. The molecule has 1 aromatic rings. The van der Waals surface area contributed by atoms with Crippen LogP contribution < -0.4 is 5.32 Å². The molecule has 7 heteroatoms. The van der Waals surface area contributed by atoms with Gasteiger partial charge in [-0.1, -0.05) is 18.5 Å². The van der Waals surface area contributed by atoms with Crippen LogP contribution in [0.1, 0.15) is 13.3 Å². The van der Waals surface area contributed by atoms with Crippen molar-refractivity contribution >= 4 is 29.2 Å². The largest absolute Gasteiger partial charge is 0.481 e. The molecule has 0 saturated carbocycles. The number of anilines is 1. The molecule has 0 fully saturated rings. The maximum absolute atomic E-state index is 12.9. The van der Waals surface area contributed by atoms with E-state index in [0.29, 0.717) is 12.2 Å². The Balaban J connectivity index is 2.55. The first-order valence-electron chi connectivity index (χ1n) is 6.11. The molecule has 0 aromatic heterocycles. The van der Waals surface area contributed by atoms with E-state index in [1.54, 1.807) is 4.90 Å². The SMILES string of the molecule is CCN(CCC(=O)O)CC(=O)Nc1ccc(F)cc1Cl. The lowest BCUT2D eigenvalue weighted by molar-refractivity contribution is -0.137. The normalized spacial score (nSPS) is 10.6. The fourth-order valence-corrected chi connectivity index (χ4v) is 1.80. The van der Waals surface area contributed by atoms with Gasteiger partial charge < -0.3 is 10.4 Å². The van der Waals surface area contributed by atoms with Gasteiger partial charge in [0.15, 0.2) is 0 Å². The van der Waals surface area contributed by atoms with Crippen molar-refractivity contribution in [2.45, 2.75) is 13.3 Å². The summed E-state index contributed by atoms with van der Waals surface area (Å²) in [6, 6.07) is 3.69. The highest BCUT2D eigenvalue weighted by molar-refractivity contribution is 6.33. The minimum atomic E-state index is -0.912. The van der Waals surface area contributed by atoms with Crippen LogP contribution in [0, 0.1) is 5.82 Å². The second-order valence-electron chi connectivity index (χ2n) is 4.18. The number of carbonyl (C=O) groups is 2. The van der Waals surface area contributed by atoms with Gasteiger partial charge in [-0.25, -0.2) is 4.39 Å². The summed E-state index contributed by atoms with van der Waals surface area (Å²) in [5, 5.41) is 11.3. The Kier molecular flexibility index (Phi) is 6.41. The molecule has 0 saturated heterocycles. The van der Waals surface area contributed by atoms with Crippen LogP contribution >= 0.6 is 11.6 Å². The minimum Gasteiger partial charge on any atom is -0.481 e. The number of nitrogens with zero attached hydrogens (tertiary/aromatic N) is 1. The van der Waals surface area contributed by atoms with Gasteiger partial charge in [0, 0.05) is 6.54 Å². The Labute approximate surface area is 121 Å². The number of hydrogen-bond acceptors (Lipinski definition) is 3. The van der Waals surface area contributed by atoms with Crippen LogP contribution in [0.5, 0.6) is 0 Å². The number of nitrogens with one attached hydrogen (secondary N) is 1. The fraction of sp³-hybridized carbons (Fsp3) is 0.385. The highest BCUT2D eigenvalue weighted by Gasteiger charge is 2.12. The molecule has 1 rings (SSSR count). The third-order valence-corrected chi connectivity index (χ3v) is 2.97. The zero-order valence-corrected chi connectivity index (χ0v) is 11.8. The molecular formula is C13H16ClFN2O3. The van der Waals surface area contributed by atoms with Gasteiger partial charge in [-0.3, -0.25) is 14.5 Å². The summed E-state index contributed by atoms with van der Waals surface area (Å²) in [4.78, 5) is 24.0. The number of carboxylic acid groups (broad SMARTS) is 1. The van der Waals surface area contributed by atoms with Crippen molar-refractivity contribution in [3.63, 3.8) is 0 Å². The Morgan fingerprint density at radius 2 is 2.15 bits per heavy atom. The van der Waals surface area contributed by atoms with E-state index in [2.05, 4.69) is 5.32 Å². The molecule has 110 valence electrons. The van der Waals surface area contributed by atoms with Gasteiger partial charge >= 0.3 is 5.97 Å². The average molecular weight is 303 g/mol. The number of rotatable bonds is 7.